The van der Waals surface area contributed by atoms with Gasteiger partial charge in [0, 0.05) is 12.0 Å². The van der Waals surface area contributed by atoms with E-state index in [4.69, 9.17) is 9.47 Å². The standard InChI is InChI=1S/C41H51FN4O8/c1-23(2)34(46-38(51)53-22-31-29-15-11-9-13-27(29)28-14-10-12-16-30(28)31)36(48)43-24(3)35(47)45-33-18-17-25(20-32(33)42)19-26(21-41(7,8)37(49)50)44-39(52)54-40(4,5)6/h9-18,20,23-24,26,31,34H,19,21-22H2,1-8H3,(H,43,48)(H,44,52)(H,45,47)(H,46,51)(H,49,50). The highest BCUT2D eigenvalue weighted by molar-refractivity contribution is 5.98. The summed E-state index contributed by atoms with van der Waals surface area (Å²) in [5.74, 6) is -3.68. The molecule has 0 radical (unpaired) electrons. The maximum Gasteiger partial charge on any atom is 0.407 e. The molecule has 12 nitrogen and oxygen atoms in total. The van der Waals surface area contributed by atoms with E-state index in [2.05, 4.69) is 21.3 Å². The van der Waals surface area contributed by atoms with Gasteiger partial charge in [-0.15, -0.1) is 0 Å². The van der Waals surface area contributed by atoms with Crippen molar-refractivity contribution in [3.8, 4) is 11.1 Å². The molecule has 0 aliphatic heterocycles. The van der Waals surface area contributed by atoms with Crippen LogP contribution in [0.4, 0.5) is 19.7 Å². The lowest BCUT2D eigenvalue weighted by Crippen LogP contribution is -2.53. The van der Waals surface area contributed by atoms with Crippen molar-refractivity contribution in [3.63, 3.8) is 0 Å². The van der Waals surface area contributed by atoms with Crippen molar-refractivity contribution >= 4 is 35.7 Å². The molecule has 0 spiro atoms. The minimum absolute atomic E-state index is 0.0341. The molecule has 5 N–H and O–H groups in total. The Morgan fingerprint density at radius 1 is 0.796 bits per heavy atom. The predicted octanol–water partition coefficient (Wildman–Crippen LogP) is 6.77. The van der Waals surface area contributed by atoms with Crippen LogP contribution in [0.3, 0.4) is 0 Å². The molecule has 3 aromatic rings. The van der Waals surface area contributed by atoms with E-state index < -0.39 is 64.9 Å². The summed E-state index contributed by atoms with van der Waals surface area (Å²) in [6.45, 7) is 13.1. The Morgan fingerprint density at radius 3 is 1.93 bits per heavy atom. The Labute approximate surface area is 315 Å². The van der Waals surface area contributed by atoms with Crippen LogP contribution >= 0.6 is 0 Å². The zero-order valence-corrected chi connectivity index (χ0v) is 32.0. The van der Waals surface area contributed by atoms with Gasteiger partial charge in [0.05, 0.1) is 11.1 Å². The molecule has 1 aliphatic rings. The van der Waals surface area contributed by atoms with Gasteiger partial charge in [0.1, 0.15) is 30.1 Å². The number of carbonyl (C=O) groups excluding carboxylic acids is 4. The Morgan fingerprint density at radius 2 is 1.39 bits per heavy atom. The summed E-state index contributed by atoms with van der Waals surface area (Å²) in [4.78, 5) is 63.6. The second-order valence-corrected chi connectivity index (χ2v) is 15.7. The van der Waals surface area contributed by atoms with E-state index in [-0.39, 0.29) is 37.0 Å². The summed E-state index contributed by atoms with van der Waals surface area (Å²) in [6, 6.07) is 17.1. The molecule has 3 aromatic carbocycles. The van der Waals surface area contributed by atoms with Crippen molar-refractivity contribution in [1.29, 1.82) is 0 Å². The highest BCUT2D eigenvalue weighted by atomic mass is 19.1. The topological polar surface area (TPSA) is 172 Å². The van der Waals surface area contributed by atoms with E-state index in [0.29, 0.717) is 5.56 Å². The van der Waals surface area contributed by atoms with Crippen LogP contribution in [0.2, 0.25) is 0 Å². The van der Waals surface area contributed by atoms with E-state index in [0.717, 1.165) is 22.3 Å². The minimum Gasteiger partial charge on any atom is -0.481 e. The third-order valence-electron chi connectivity index (χ3n) is 9.15. The summed E-state index contributed by atoms with van der Waals surface area (Å²) in [6.07, 6.45) is -1.39. The highest BCUT2D eigenvalue weighted by Crippen LogP contribution is 2.44. The lowest BCUT2D eigenvalue weighted by Gasteiger charge is -2.28. The summed E-state index contributed by atoms with van der Waals surface area (Å²) in [5, 5.41) is 20.0. The maximum atomic E-state index is 15.3. The molecule has 0 heterocycles. The number of carboxylic acids is 1. The highest BCUT2D eigenvalue weighted by Gasteiger charge is 2.34. The van der Waals surface area contributed by atoms with Crippen LogP contribution in [-0.4, -0.2) is 65.4 Å². The fourth-order valence-electron chi connectivity index (χ4n) is 6.33. The first kappa shape index (κ1) is 41.3. The number of carboxylic acid groups (broad SMARTS) is 1. The van der Waals surface area contributed by atoms with Gasteiger partial charge in [0.15, 0.2) is 0 Å². The third-order valence-corrected chi connectivity index (χ3v) is 9.15. The monoisotopic (exact) mass is 746 g/mol. The van der Waals surface area contributed by atoms with Crippen molar-refractivity contribution in [1.82, 2.24) is 16.0 Å². The molecule has 4 amide bonds. The van der Waals surface area contributed by atoms with Crippen LogP contribution in [0.1, 0.15) is 84.4 Å². The van der Waals surface area contributed by atoms with Crippen LogP contribution in [0.5, 0.6) is 0 Å². The third kappa shape index (κ3) is 10.8. The Balaban J connectivity index is 1.34. The normalized spacial score (nSPS) is 14.2. The van der Waals surface area contributed by atoms with E-state index in [1.807, 2.05) is 48.5 Å². The number of carbonyl (C=O) groups is 5. The fraction of sp³-hybridized carbons (Fsp3) is 0.439. The van der Waals surface area contributed by atoms with Crippen molar-refractivity contribution < 1.29 is 42.9 Å². The molecule has 4 rings (SSSR count). The summed E-state index contributed by atoms with van der Waals surface area (Å²) in [7, 11) is 0. The van der Waals surface area contributed by atoms with Gasteiger partial charge in [-0.3, -0.25) is 14.4 Å². The van der Waals surface area contributed by atoms with Crippen LogP contribution in [0.25, 0.3) is 11.1 Å². The molecule has 3 atom stereocenters. The molecule has 0 aromatic heterocycles. The number of ether oxygens (including phenoxy) is 2. The van der Waals surface area contributed by atoms with E-state index in [1.54, 1.807) is 40.7 Å². The molecule has 0 saturated heterocycles. The molecular formula is C41H51FN4O8. The number of alkyl carbamates (subject to hydrolysis) is 2. The predicted molar refractivity (Wildman–Crippen MR) is 202 cm³/mol. The quantitative estimate of drug-likeness (QED) is 0.120. The van der Waals surface area contributed by atoms with Crippen molar-refractivity contribution in [2.24, 2.45) is 11.3 Å². The zero-order valence-electron chi connectivity index (χ0n) is 32.0. The number of rotatable bonds is 14. The van der Waals surface area contributed by atoms with Crippen LogP contribution in [-0.2, 0) is 30.3 Å². The number of hydrogen-bond donors (Lipinski definition) is 5. The molecule has 0 bridgehead atoms. The number of benzene rings is 3. The average Bonchev–Trinajstić information content (AvgIpc) is 3.39. The van der Waals surface area contributed by atoms with Gasteiger partial charge in [-0.25, -0.2) is 14.0 Å². The largest absolute Gasteiger partial charge is 0.481 e. The fourth-order valence-corrected chi connectivity index (χ4v) is 6.33. The molecule has 54 heavy (non-hydrogen) atoms. The second-order valence-electron chi connectivity index (χ2n) is 15.7. The number of hydrogen-bond acceptors (Lipinski definition) is 7. The molecule has 290 valence electrons. The lowest BCUT2D eigenvalue weighted by molar-refractivity contribution is -0.147. The van der Waals surface area contributed by atoms with Gasteiger partial charge in [-0.1, -0.05) is 68.4 Å². The Bertz CT molecular complexity index is 1830. The summed E-state index contributed by atoms with van der Waals surface area (Å²) >= 11 is 0. The number of amides is 4. The van der Waals surface area contributed by atoms with Gasteiger partial charge in [0.2, 0.25) is 11.8 Å². The summed E-state index contributed by atoms with van der Waals surface area (Å²) in [5.41, 5.74) is 2.58. The smallest absolute Gasteiger partial charge is 0.407 e. The number of halogens is 1. The number of nitrogens with one attached hydrogen (secondary N) is 4. The van der Waals surface area contributed by atoms with E-state index in [1.165, 1.54) is 32.9 Å². The molecule has 0 fully saturated rings. The summed E-state index contributed by atoms with van der Waals surface area (Å²) < 4.78 is 26.3. The van der Waals surface area contributed by atoms with Crippen LogP contribution < -0.4 is 21.3 Å². The van der Waals surface area contributed by atoms with Gasteiger partial charge in [0.25, 0.3) is 0 Å². The molecule has 0 saturated carbocycles. The SMILES string of the molecule is CC(NC(=O)C(NC(=O)OCC1c2ccccc2-c2ccccc21)C(C)C)C(=O)Nc1ccc(CC(CC(C)(C)C(=O)O)NC(=O)OC(C)(C)C)cc1F. The first-order chi connectivity index (χ1) is 25.3. The number of aliphatic carboxylic acids is 1. The van der Waals surface area contributed by atoms with E-state index >= 15 is 4.39 Å². The minimum atomic E-state index is -1.20. The van der Waals surface area contributed by atoms with Crippen LogP contribution in [0.15, 0.2) is 66.7 Å². The molecule has 3 unspecified atom stereocenters. The first-order valence-corrected chi connectivity index (χ1v) is 18.0. The maximum absolute atomic E-state index is 15.3. The number of anilines is 1. The van der Waals surface area contributed by atoms with Crippen molar-refractivity contribution in [2.75, 3.05) is 11.9 Å². The Hall–Kier alpha value is -5.46. The van der Waals surface area contributed by atoms with Gasteiger partial charge < -0.3 is 35.8 Å². The van der Waals surface area contributed by atoms with Gasteiger partial charge in [-0.2, -0.15) is 0 Å². The molecule has 13 heteroatoms. The molecular weight excluding hydrogens is 695 g/mol. The van der Waals surface area contributed by atoms with Crippen LogP contribution in [0, 0.1) is 17.2 Å². The van der Waals surface area contributed by atoms with Gasteiger partial charge in [-0.05, 0) is 100 Å². The molecule has 1 aliphatic carbocycles. The first-order valence-electron chi connectivity index (χ1n) is 18.0. The Kier molecular flexibility index (Phi) is 13.1. The zero-order chi connectivity index (χ0) is 40.0. The van der Waals surface area contributed by atoms with Gasteiger partial charge >= 0.3 is 18.2 Å². The lowest BCUT2D eigenvalue weighted by atomic mass is 9.84. The van der Waals surface area contributed by atoms with E-state index in [9.17, 15) is 29.1 Å². The number of fused-ring (bicyclic) bond motifs is 3. The average molecular weight is 747 g/mol. The van der Waals surface area contributed by atoms with Crippen molar-refractivity contribution in [3.05, 3.63) is 89.2 Å². The second kappa shape index (κ2) is 17.1. The van der Waals surface area contributed by atoms with Crippen molar-refractivity contribution in [2.45, 2.75) is 97.9 Å².